The third kappa shape index (κ3) is 0.857. The van der Waals surface area contributed by atoms with Gasteiger partial charge in [-0.3, -0.25) is 0 Å². The van der Waals surface area contributed by atoms with E-state index < -0.39 is 0 Å². The lowest BCUT2D eigenvalue weighted by Crippen LogP contribution is -1.92. The summed E-state index contributed by atoms with van der Waals surface area (Å²) in [5.74, 6) is 0. The Hall–Kier alpha value is -1.49. The zero-order valence-corrected chi connectivity index (χ0v) is 5.96. The van der Waals surface area contributed by atoms with Crippen molar-refractivity contribution in [3.63, 3.8) is 0 Å². The Kier molecular flexibility index (Phi) is 1.29. The Labute approximate surface area is 65.5 Å². The summed E-state index contributed by atoms with van der Waals surface area (Å²) in [5.41, 5.74) is 2.86. The SMILES string of the molecule is N#Cc1cccc2c1NC[CH]2. The molecule has 0 bridgehead atoms. The molecule has 1 radical (unpaired) electrons. The molecule has 0 amide bonds. The van der Waals surface area contributed by atoms with Crippen molar-refractivity contribution < 1.29 is 0 Å². The van der Waals surface area contributed by atoms with Gasteiger partial charge in [0.25, 0.3) is 0 Å². The van der Waals surface area contributed by atoms with Gasteiger partial charge in [-0.05, 0) is 11.6 Å². The molecule has 2 rings (SSSR count). The summed E-state index contributed by atoms with van der Waals surface area (Å²) < 4.78 is 0. The van der Waals surface area contributed by atoms with Crippen molar-refractivity contribution >= 4 is 5.69 Å². The summed E-state index contributed by atoms with van der Waals surface area (Å²) in [4.78, 5) is 0. The fourth-order valence-corrected chi connectivity index (χ4v) is 1.29. The number of benzene rings is 1. The molecule has 1 aliphatic rings. The number of para-hydroxylation sites is 1. The van der Waals surface area contributed by atoms with Crippen LogP contribution in [-0.2, 0) is 0 Å². The van der Waals surface area contributed by atoms with E-state index in [1.165, 1.54) is 0 Å². The van der Waals surface area contributed by atoms with Crippen LogP contribution in [0, 0.1) is 17.8 Å². The van der Waals surface area contributed by atoms with Gasteiger partial charge in [0.2, 0.25) is 0 Å². The summed E-state index contributed by atoms with van der Waals surface area (Å²) in [6.45, 7) is 0.841. The Morgan fingerprint density at radius 2 is 2.36 bits per heavy atom. The van der Waals surface area contributed by atoms with E-state index in [0.29, 0.717) is 0 Å². The Morgan fingerprint density at radius 1 is 1.45 bits per heavy atom. The van der Waals surface area contributed by atoms with Crippen molar-refractivity contribution in [2.75, 3.05) is 11.9 Å². The lowest BCUT2D eigenvalue weighted by molar-refractivity contribution is 1.34. The lowest BCUT2D eigenvalue weighted by Gasteiger charge is -1.99. The van der Waals surface area contributed by atoms with Gasteiger partial charge < -0.3 is 5.32 Å². The van der Waals surface area contributed by atoms with Crippen LogP contribution in [0.4, 0.5) is 5.69 Å². The van der Waals surface area contributed by atoms with E-state index in [0.717, 1.165) is 23.4 Å². The van der Waals surface area contributed by atoms with Gasteiger partial charge >= 0.3 is 0 Å². The largest absolute Gasteiger partial charge is 0.383 e. The van der Waals surface area contributed by atoms with Crippen molar-refractivity contribution in [2.24, 2.45) is 0 Å². The average molecular weight is 143 g/mol. The molecule has 0 spiro atoms. The summed E-state index contributed by atoms with van der Waals surface area (Å²) >= 11 is 0. The van der Waals surface area contributed by atoms with Gasteiger partial charge in [-0.1, -0.05) is 12.1 Å². The van der Waals surface area contributed by atoms with Crippen LogP contribution in [0.5, 0.6) is 0 Å². The van der Waals surface area contributed by atoms with E-state index in [1.807, 2.05) is 18.2 Å². The second kappa shape index (κ2) is 2.28. The third-order valence-electron chi connectivity index (χ3n) is 1.82. The van der Waals surface area contributed by atoms with Crippen LogP contribution in [0.15, 0.2) is 18.2 Å². The summed E-state index contributed by atoms with van der Waals surface area (Å²) in [6, 6.07) is 7.88. The smallest absolute Gasteiger partial charge is 0.101 e. The maximum absolute atomic E-state index is 8.70. The first-order valence-corrected chi connectivity index (χ1v) is 3.52. The van der Waals surface area contributed by atoms with Crippen LogP contribution >= 0.6 is 0 Å². The minimum absolute atomic E-state index is 0.733. The number of nitriles is 1. The summed E-state index contributed by atoms with van der Waals surface area (Å²) in [6.07, 6.45) is 2.08. The third-order valence-corrected chi connectivity index (χ3v) is 1.82. The maximum atomic E-state index is 8.70. The molecule has 2 heteroatoms. The molecule has 0 aromatic heterocycles. The Morgan fingerprint density at radius 3 is 3.18 bits per heavy atom. The zero-order valence-electron chi connectivity index (χ0n) is 5.96. The molecule has 53 valence electrons. The van der Waals surface area contributed by atoms with E-state index in [1.54, 1.807) is 0 Å². The van der Waals surface area contributed by atoms with Gasteiger partial charge in [-0.25, -0.2) is 0 Å². The molecule has 0 saturated heterocycles. The van der Waals surface area contributed by atoms with E-state index in [9.17, 15) is 0 Å². The molecule has 11 heavy (non-hydrogen) atoms. The normalized spacial score (nSPS) is 13.4. The van der Waals surface area contributed by atoms with Crippen LogP contribution < -0.4 is 5.32 Å². The highest BCUT2D eigenvalue weighted by Crippen LogP contribution is 2.26. The van der Waals surface area contributed by atoms with Crippen molar-refractivity contribution in [1.82, 2.24) is 0 Å². The molecular weight excluding hydrogens is 136 g/mol. The minimum Gasteiger partial charge on any atom is -0.383 e. The zero-order chi connectivity index (χ0) is 7.68. The highest BCUT2D eigenvalue weighted by atomic mass is 14.9. The van der Waals surface area contributed by atoms with Gasteiger partial charge in [0.1, 0.15) is 6.07 Å². The first-order valence-electron chi connectivity index (χ1n) is 3.52. The number of hydrogen-bond acceptors (Lipinski definition) is 2. The molecule has 0 unspecified atom stereocenters. The standard InChI is InChI=1S/C9H7N2/c10-6-8-3-1-2-7-4-5-11-9(7)8/h1-4,11H,5H2. The molecule has 0 aliphatic carbocycles. The van der Waals surface area contributed by atoms with Crippen LogP contribution in [0.1, 0.15) is 11.1 Å². The maximum Gasteiger partial charge on any atom is 0.101 e. The molecule has 1 heterocycles. The molecule has 0 atom stereocenters. The summed E-state index contributed by atoms with van der Waals surface area (Å²) in [5, 5.41) is 11.8. The highest BCUT2D eigenvalue weighted by Gasteiger charge is 2.12. The number of hydrogen-bond donors (Lipinski definition) is 1. The van der Waals surface area contributed by atoms with Crippen LogP contribution in [0.2, 0.25) is 0 Å². The Bertz CT molecular complexity index is 323. The topological polar surface area (TPSA) is 35.8 Å². The van der Waals surface area contributed by atoms with Gasteiger partial charge in [0.05, 0.1) is 11.3 Å². The number of nitrogens with one attached hydrogen (secondary N) is 1. The molecular formula is C9H7N2. The van der Waals surface area contributed by atoms with Crippen LogP contribution in [-0.4, -0.2) is 6.54 Å². The van der Waals surface area contributed by atoms with Gasteiger partial charge in [-0.2, -0.15) is 5.26 Å². The van der Waals surface area contributed by atoms with Crippen molar-refractivity contribution in [3.05, 3.63) is 35.7 Å². The second-order valence-corrected chi connectivity index (χ2v) is 2.47. The number of rotatable bonds is 0. The molecule has 0 fully saturated rings. The van der Waals surface area contributed by atoms with Gasteiger partial charge in [0, 0.05) is 13.0 Å². The van der Waals surface area contributed by atoms with Crippen molar-refractivity contribution in [2.45, 2.75) is 0 Å². The van der Waals surface area contributed by atoms with Crippen LogP contribution in [0.25, 0.3) is 0 Å². The molecule has 1 aromatic carbocycles. The number of anilines is 1. The van der Waals surface area contributed by atoms with Crippen molar-refractivity contribution in [3.8, 4) is 6.07 Å². The monoisotopic (exact) mass is 143 g/mol. The molecule has 1 aliphatic heterocycles. The molecule has 1 N–H and O–H groups in total. The fraction of sp³-hybridized carbons (Fsp3) is 0.111. The van der Waals surface area contributed by atoms with E-state index in [-0.39, 0.29) is 0 Å². The molecule has 2 nitrogen and oxygen atoms in total. The minimum atomic E-state index is 0.733. The summed E-state index contributed by atoms with van der Waals surface area (Å²) in [7, 11) is 0. The quantitative estimate of drug-likeness (QED) is 0.598. The predicted molar refractivity (Wildman–Crippen MR) is 43.0 cm³/mol. The Balaban J connectivity index is 2.61. The van der Waals surface area contributed by atoms with Gasteiger partial charge in [-0.15, -0.1) is 0 Å². The first-order chi connectivity index (χ1) is 5.42. The number of fused-ring (bicyclic) bond motifs is 1. The van der Waals surface area contributed by atoms with Gasteiger partial charge in [0.15, 0.2) is 0 Å². The second-order valence-electron chi connectivity index (χ2n) is 2.47. The van der Waals surface area contributed by atoms with E-state index >= 15 is 0 Å². The predicted octanol–water partition coefficient (Wildman–Crippen LogP) is 1.54. The molecule has 1 aromatic rings. The van der Waals surface area contributed by atoms with E-state index in [2.05, 4.69) is 17.8 Å². The average Bonchev–Trinajstić information content (AvgIpc) is 2.50. The lowest BCUT2D eigenvalue weighted by atomic mass is 10.1. The fourth-order valence-electron chi connectivity index (χ4n) is 1.29. The van der Waals surface area contributed by atoms with Crippen LogP contribution in [0.3, 0.4) is 0 Å². The van der Waals surface area contributed by atoms with Crippen molar-refractivity contribution in [1.29, 1.82) is 5.26 Å². The highest BCUT2D eigenvalue weighted by molar-refractivity contribution is 5.68. The van der Waals surface area contributed by atoms with E-state index in [4.69, 9.17) is 5.26 Å². The first kappa shape index (κ1) is 6.23. The number of nitrogens with zero attached hydrogens (tertiary/aromatic N) is 1. The molecule has 0 saturated carbocycles.